The van der Waals surface area contributed by atoms with Crippen LogP contribution in [0.25, 0.3) is 0 Å². The van der Waals surface area contributed by atoms with Crippen molar-refractivity contribution in [2.75, 3.05) is 18.8 Å². The summed E-state index contributed by atoms with van der Waals surface area (Å²) in [7, 11) is 1.63. The topological polar surface area (TPSA) is 33.6 Å². The van der Waals surface area contributed by atoms with E-state index >= 15 is 0 Å². The lowest BCUT2D eigenvalue weighted by Gasteiger charge is -2.00. The van der Waals surface area contributed by atoms with Crippen LogP contribution < -0.4 is 10.2 Å². The smallest absolute Gasteiger partial charge is 0.119 e. The SMILES string of the molecule is C=CCC.C=NNc1ccc(OC)cc1.CS. The number of allylic oxidation sites excluding steroid dienone is 1. The van der Waals surface area contributed by atoms with Gasteiger partial charge in [-0.15, -0.1) is 6.58 Å². The third-order valence-electron chi connectivity index (χ3n) is 1.59. The highest BCUT2D eigenvalue weighted by Gasteiger charge is 1.89. The number of methoxy groups -OCH3 is 1. The highest BCUT2D eigenvalue weighted by molar-refractivity contribution is 7.79. The molecule has 0 saturated carbocycles. The molecule has 0 bridgehead atoms. The Morgan fingerprint density at radius 1 is 1.35 bits per heavy atom. The van der Waals surface area contributed by atoms with Crippen LogP contribution in [0.1, 0.15) is 13.3 Å². The number of nitrogens with zero attached hydrogens (tertiary/aromatic N) is 1. The highest BCUT2D eigenvalue weighted by Crippen LogP contribution is 2.14. The Balaban J connectivity index is 0. The van der Waals surface area contributed by atoms with Crippen molar-refractivity contribution in [1.29, 1.82) is 0 Å². The number of anilines is 1. The van der Waals surface area contributed by atoms with Gasteiger partial charge in [0.25, 0.3) is 0 Å². The fraction of sp³-hybridized carbons (Fsp3) is 0.308. The van der Waals surface area contributed by atoms with E-state index in [-0.39, 0.29) is 0 Å². The van der Waals surface area contributed by atoms with E-state index in [1.807, 2.05) is 30.3 Å². The molecule has 0 heterocycles. The molecule has 3 nitrogen and oxygen atoms in total. The zero-order valence-electron chi connectivity index (χ0n) is 10.8. The summed E-state index contributed by atoms with van der Waals surface area (Å²) in [5, 5.41) is 3.52. The lowest BCUT2D eigenvalue weighted by molar-refractivity contribution is 0.415. The van der Waals surface area contributed by atoms with Crippen molar-refractivity contribution in [1.82, 2.24) is 0 Å². The zero-order chi connectivity index (χ0) is 13.5. The first-order chi connectivity index (χ1) is 8.28. The number of ether oxygens (including phenoxy) is 1. The molecule has 0 aliphatic heterocycles. The van der Waals surface area contributed by atoms with Crippen molar-refractivity contribution >= 4 is 25.0 Å². The van der Waals surface area contributed by atoms with Gasteiger partial charge in [-0.1, -0.05) is 13.0 Å². The number of hydrazone groups is 1. The van der Waals surface area contributed by atoms with Crippen LogP contribution in [-0.2, 0) is 0 Å². The third kappa shape index (κ3) is 10.9. The summed E-state index contributed by atoms with van der Waals surface area (Å²) in [6, 6.07) is 7.45. The summed E-state index contributed by atoms with van der Waals surface area (Å²) in [6.07, 6.45) is 4.65. The molecule has 1 aromatic carbocycles. The minimum Gasteiger partial charge on any atom is -0.497 e. The van der Waals surface area contributed by atoms with Gasteiger partial charge in [0, 0.05) is 6.72 Å². The van der Waals surface area contributed by atoms with Gasteiger partial charge in [0.2, 0.25) is 0 Å². The molecule has 96 valence electrons. The summed E-state index contributed by atoms with van der Waals surface area (Å²) in [5.74, 6) is 0.833. The van der Waals surface area contributed by atoms with Crippen LogP contribution in [0.4, 0.5) is 5.69 Å². The van der Waals surface area contributed by atoms with Gasteiger partial charge in [0.15, 0.2) is 0 Å². The number of rotatable bonds is 4. The second kappa shape index (κ2) is 14.6. The maximum Gasteiger partial charge on any atom is 0.119 e. The molecule has 1 aromatic rings. The number of hydrogen-bond acceptors (Lipinski definition) is 4. The molecule has 0 aromatic heterocycles. The first kappa shape index (κ1) is 18.0. The lowest BCUT2D eigenvalue weighted by Crippen LogP contribution is -1.86. The number of hydrogen-bond donors (Lipinski definition) is 2. The average molecular weight is 254 g/mol. The summed E-state index contributed by atoms with van der Waals surface area (Å²) >= 11 is 3.53. The average Bonchev–Trinajstić information content (AvgIpc) is 2.42. The standard InChI is InChI=1S/C8H10N2O.C4H8.CH4S/c1-9-10-7-3-5-8(11-2)6-4-7;1-3-4-2;1-2/h3-6,10H,1H2,2H3;3H,1,4H2,2H3;2H,1H3. The summed E-state index contributed by atoms with van der Waals surface area (Å²) in [4.78, 5) is 0. The maximum atomic E-state index is 4.97. The minimum atomic E-state index is 0.833. The van der Waals surface area contributed by atoms with Crippen molar-refractivity contribution in [3.8, 4) is 5.75 Å². The first-order valence-corrected chi connectivity index (χ1v) is 6.09. The monoisotopic (exact) mass is 254 g/mol. The van der Waals surface area contributed by atoms with Crippen LogP contribution in [-0.4, -0.2) is 20.1 Å². The maximum absolute atomic E-state index is 4.97. The van der Waals surface area contributed by atoms with Crippen molar-refractivity contribution in [3.63, 3.8) is 0 Å². The Labute approximate surface area is 110 Å². The van der Waals surface area contributed by atoms with Gasteiger partial charge >= 0.3 is 0 Å². The van der Waals surface area contributed by atoms with Gasteiger partial charge in [0.05, 0.1) is 12.8 Å². The van der Waals surface area contributed by atoms with E-state index < -0.39 is 0 Å². The molecule has 4 heteroatoms. The van der Waals surface area contributed by atoms with E-state index in [0.29, 0.717) is 0 Å². The number of thiol groups is 1. The van der Waals surface area contributed by atoms with Gasteiger partial charge in [0.1, 0.15) is 5.75 Å². The van der Waals surface area contributed by atoms with Crippen molar-refractivity contribution < 1.29 is 4.74 Å². The zero-order valence-corrected chi connectivity index (χ0v) is 11.7. The molecule has 0 atom stereocenters. The van der Waals surface area contributed by atoms with Gasteiger partial charge in [-0.25, -0.2) is 0 Å². The van der Waals surface area contributed by atoms with Crippen LogP contribution >= 0.6 is 12.6 Å². The molecular formula is C13H22N2OS. The normalized spacial score (nSPS) is 7.53. The molecule has 0 aliphatic carbocycles. The Morgan fingerprint density at radius 3 is 2.12 bits per heavy atom. The number of nitrogens with one attached hydrogen (secondary N) is 1. The van der Waals surface area contributed by atoms with Crippen LogP contribution in [0.5, 0.6) is 5.75 Å². The third-order valence-corrected chi connectivity index (χ3v) is 1.59. The fourth-order valence-electron chi connectivity index (χ4n) is 0.757. The van der Waals surface area contributed by atoms with E-state index in [2.05, 4.69) is 43.4 Å². The fourth-order valence-corrected chi connectivity index (χ4v) is 0.757. The molecule has 1 rings (SSSR count). The predicted octanol–water partition coefficient (Wildman–Crippen LogP) is 3.85. The number of benzene rings is 1. The summed E-state index contributed by atoms with van der Waals surface area (Å²) < 4.78 is 4.97. The quantitative estimate of drug-likeness (QED) is 0.370. The van der Waals surface area contributed by atoms with Gasteiger partial charge in [-0.3, -0.25) is 5.43 Å². The summed E-state index contributed by atoms with van der Waals surface area (Å²) in [6.45, 7) is 8.85. The minimum absolute atomic E-state index is 0.833. The summed E-state index contributed by atoms with van der Waals surface area (Å²) in [5.41, 5.74) is 3.62. The highest BCUT2D eigenvalue weighted by atomic mass is 32.1. The van der Waals surface area contributed by atoms with E-state index in [1.54, 1.807) is 13.4 Å². The molecule has 0 aliphatic rings. The Kier molecular flexibility index (Phi) is 15.4. The van der Waals surface area contributed by atoms with Crippen LogP contribution in [0, 0.1) is 0 Å². The largest absolute Gasteiger partial charge is 0.497 e. The molecule has 0 spiro atoms. The molecule has 1 N–H and O–H groups in total. The Morgan fingerprint density at radius 2 is 1.82 bits per heavy atom. The van der Waals surface area contributed by atoms with Crippen molar-refractivity contribution in [2.24, 2.45) is 5.10 Å². The van der Waals surface area contributed by atoms with E-state index in [4.69, 9.17) is 4.74 Å². The van der Waals surface area contributed by atoms with E-state index in [0.717, 1.165) is 17.9 Å². The first-order valence-electron chi connectivity index (χ1n) is 5.19. The van der Waals surface area contributed by atoms with Crippen LogP contribution in [0.2, 0.25) is 0 Å². The molecule has 0 saturated heterocycles. The van der Waals surface area contributed by atoms with Crippen molar-refractivity contribution in [2.45, 2.75) is 13.3 Å². The predicted molar refractivity (Wildman–Crippen MR) is 81.6 cm³/mol. The molecule has 0 radical (unpaired) electrons. The Bertz CT molecular complexity index is 286. The molecule has 0 unspecified atom stereocenters. The second-order valence-corrected chi connectivity index (χ2v) is 2.70. The lowest BCUT2D eigenvalue weighted by atomic mass is 10.3. The second-order valence-electron chi connectivity index (χ2n) is 2.70. The molecule has 0 amide bonds. The Hall–Kier alpha value is -1.42. The molecule has 0 fully saturated rings. The van der Waals surface area contributed by atoms with E-state index in [1.165, 1.54) is 0 Å². The van der Waals surface area contributed by atoms with Gasteiger partial charge < -0.3 is 4.74 Å². The van der Waals surface area contributed by atoms with Gasteiger partial charge in [-0.05, 0) is 36.9 Å². The van der Waals surface area contributed by atoms with Crippen LogP contribution in [0.3, 0.4) is 0 Å². The molecular weight excluding hydrogens is 232 g/mol. The van der Waals surface area contributed by atoms with Crippen molar-refractivity contribution in [3.05, 3.63) is 36.9 Å². The van der Waals surface area contributed by atoms with Gasteiger partial charge in [-0.2, -0.15) is 17.7 Å². The molecule has 17 heavy (non-hydrogen) atoms. The van der Waals surface area contributed by atoms with Crippen LogP contribution in [0.15, 0.2) is 42.0 Å². The van der Waals surface area contributed by atoms with E-state index in [9.17, 15) is 0 Å².